The molecule has 2 aromatic carbocycles. The molecule has 1 N–H and O–H groups in total. The number of benzene rings is 2. The normalized spacial score (nSPS) is 19.4. The molecular formula is C21H20N4O4S. The number of aliphatic imine (C=N–C) groups is 1. The van der Waals surface area contributed by atoms with Crippen LogP contribution in [0.25, 0.3) is 6.08 Å². The van der Waals surface area contributed by atoms with Crippen molar-refractivity contribution < 1.29 is 14.5 Å². The maximum atomic E-state index is 12.5. The zero-order chi connectivity index (χ0) is 21.1. The monoisotopic (exact) mass is 424 g/mol. The zero-order valence-corrected chi connectivity index (χ0v) is 17.1. The van der Waals surface area contributed by atoms with E-state index < -0.39 is 4.92 Å². The minimum atomic E-state index is -0.433. The highest BCUT2D eigenvalue weighted by atomic mass is 32.2. The van der Waals surface area contributed by atoms with Crippen LogP contribution < -0.4 is 10.2 Å². The van der Waals surface area contributed by atoms with Gasteiger partial charge in [-0.1, -0.05) is 17.7 Å². The molecule has 0 aromatic heterocycles. The van der Waals surface area contributed by atoms with Gasteiger partial charge < -0.3 is 15.0 Å². The number of nitro groups is 1. The average molecular weight is 424 g/mol. The summed E-state index contributed by atoms with van der Waals surface area (Å²) in [5.74, 6) is -0.273. The zero-order valence-electron chi connectivity index (χ0n) is 16.3. The summed E-state index contributed by atoms with van der Waals surface area (Å²) in [5.41, 5.74) is 3.32. The quantitative estimate of drug-likeness (QED) is 0.457. The molecule has 4 rings (SSSR count). The molecule has 2 saturated heterocycles. The minimum Gasteiger partial charge on any atom is -0.378 e. The molecule has 0 aliphatic carbocycles. The summed E-state index contributed by atoms with van der Waals surface area (Å²) in [4.78, 5) is 30.3. The SMILES string of the molecule is Cc1ccc(N=C2NC(=O)/C(=C/c3cc([N+](=O)[O-])ccc3N3CCOCC3)S2)cc1. The van der Waals surface area contributed by atoms with Crippen LogP contribution in [0, 0.1) is 17.0 Å². The first-order valence-electron chi connectivity index (χ1n) is 9.47. The van der Waals surface area contributed by atoms with Gasteiger partial charge in [0.2, 0.25) is 0 Å². The summed E-state index contributed by atoms with van der Waals surface area (Å²) in [6.45, 7) is 4.56. The van der Waals surface area contributed by atoms with E-state index >= 15 is 0 Å². The molecule has 154 valence electrons. The highest BCUT2D eigenvalue weighted by Crippen LogP contribution is 2.33. The Bertz CT molecular complexity index is 1040. The van der Waals surface area contributed by atoms with Crippen molar-refractivity contribution in [1.29, 1.82) is 0 Å². The Hall–Kier alpha value is -3.17. The summed E-state index contributed by atoms with van der Waals surface area (Å²) >= 11 is 1.22. The van der Waals surface area contributed by atoms with Crippen LogP contribution >= 0.6 is 11.8 Å². The maximum absolute atomic E-state index is 12.5. The second-order valence-electron chi connectivity index (χ2n) is 6.92. The number of ether oxygens (including phenoxy) is 1. The molecule has 0 saturated carbocycles. The first-order valence-corrected chi connectivity index (χ1v) is 10.3. The standard InChI is InChI=1S/C21H20N4O4S/c1-14-2-4-16(5-3-14)22-21-23-20(26)19(30-21)13-15-12-17(25(27)28)6-7-18(15)24-8-10-29-11-9-24/h2-7,12-13H,8-11H2,1H3,(H,22,23,26)/b19-13-. The predicted molar refractivity (Wildman–Crippen MR) is 118 cm³/mol. The number of morpholine rings is 1. The number of non-ortho nitro benzene ring substituents is 1. The molecule has 2 aliphatic heterocycles. The second kappa shape index (κ2) is 8.68. The fourth-order valence-corrected chi connectivity index (χ4v) is 4.05. The van der Waals surface area contributed by atoms with Gasteiger partial charge in [0.15, 0.2) is 5.17 Å². The molecule has 0 spiro atoms. The van der Waals surface area contributed by atoms with Gasteiger partial charge in [0.25, 0.3) is 11.6 Å². The number of nitro benzene ring substituents is 1. The number of aryl methyl sites for hydroxylation is 1. The van der Waals surface area contributed by atoms with E-state index in [4.69, 9.17) is 4.74 Å². The van der Waals surface area contributed by atoms with Crippen molar-refractivity contribution in [2.45, 2.75) is 6.92 Å². The van der Waals surface area contributed by atoms with Crippen LogP contribution in [0.4, 0.5) is 17.1 Å². The van der Waals surface area contributed by atoms with Gasteiger partial charge in [-0.3, -0.25) is 14.9 Å². The summed E-state index contributed by atoms with van der Waals surface area (Å²) in [7, 11) is 0. The van der Waals surface area contributed by atoms with E-state index in [1.165, 1.54) is 23.9 Å². The average Bonchev–Trinajstić information content (AvgIpc) is 3.09. The van der Waals surface area contributed by atoms with Crippen molar-refractivity contribution in [2.75, 3.05) is 31.2 Å². The molecule has 30 heavy (non-hydrogen) atoms. The maximum Gasteiger partial charge on any atom is 0.270 e. The molecule has 0 bridgehead atoms. The van der Waals surface area contributed by atoms with E-state index in [9.17, 15) is 14.9 Å². The lowest BCUT2D eigenvalue weighted by atomic mass is 10.1. The Morgan fingerprint density at radius 3 is 2.63 bits per heavy atom. The van der Waals surface area contributed by atoms with Crippen LogP contribution in [0.5, 0.6) is 0 Å². The Labute approximate surface area is 177 Å². The van der Waals surface area contributed by atoms with Gasteiger partial charge in [-0.2, -0.15) is 0 Å². The van der Waals surface area contributed by atoms with Crippen molar-refractivity contribution in [3.8, 4) is 0 Å². The van der Waals surface area contributed by atoms with Crippen molar-refractivity contribution in [3.63, 3.8) is 0 Å². The smallest absolute Gasteiger partial charge is 0.270 e. The number of anilines is 1. The van der Waals surface area contributed by atoms with E-state index in [0.717, 1.165) is 16.9 Å². The third-order valence-corrected chi connectivity index (χ3v) is 5.69. The van der Waals surface area contributed by atoms with Gasteiger partial charge in [-0.25, -0.2) is 4.99 Å². The molecule has 0 radical (unpaired) electrons. The van der Waals surface area contributed by atoms with Crippen LogP contribution in [0.1, 0.15) is 11.1 Å². The third kappa shape index (κ3) is 4.52. The van der Waals surface area contributed by atoms with Crippen molar-refractivity contribution in [3.05, 3.63) is 68.6 Å². The van der Waals surface area contributed by atoms with Gasteiger partial charge in [0.1, 0.15) is 0 Å². The molecule has 2 aliphatic rings. The predicted octanol–water partition coefficient (Wildman–Crippen LogP) is 3.63. The topological polar surface area (TPSA) is 97.1 Å². The van der Waals surface area contributed by atoms with Crippen LogP contribution in [-0.4, -0.2) is 42.3 Å². The first kappa shape index (κ1) is 20.1. The highest BCUT2D eigenvalue weighted by molar-refractivity contribution is 8.18. The molecule has 1 amide bonds. The fourth-order valence-electron chi connectivity index (χ4n) is 3.22. The number of amidine groups is 1. The lowest BCUT2D eigenvalue weighted by Gasteiger charge is -2.30. The molecule has 0 unspecified atom stereocenters. The first-order chi connectivity index (χ1) is 14.5. The summed E-state index contributed by atoms with van der Waals surface area (Å²) < 4.78 is 5.40. The van der Waals surface area contributed by atoms with Crippen LogP contribution in [0.3, 0.4) is 0 Å². The van der Waals surface area contributed by atoms with E-state index in [-0.39, 0.29) is 11.6 Å². The lowest BCUT2D eigenvalue weighted by molar-refractivity contribution is -0.384. The van der Waals surface area contributed by atoms with E-state index in [1.807, 2.05) is 31.2 Å². The lowest BCUT2D eigenvalue weighted by Crippen LogP contribution is -2.36. The van der Waals surface area contributed by atoms with Gasteiger partial charge in [0, 0.05) is 36.5 Å². The van der Waals surface area contributed by atoms with Crippen molar-refractivity contribution in [2.24, 2.45) is 4.99 Å². The van der Waals surface area contributed by atoms with Gasteiger partial charge in [-0.05, 0) is 43.0 Å². The van der Waals surface area contributed by atoms with Gasteiger partial charge in [0.05, 0.1) is 28.7 Å². The van der Waals surface area contributed by atoms with Gasteiger partial charge >= 0.3 is 0 Å². The third-order valence-electron chi connectivity index (χ3n) is 4.78. The molecule has 0 atom stereocenters. The molecule has 8 nitrogen and oxygen atoms in total. The number of carbonyl (C=O) groups is 1. The van der Waals surface area contributed by atoms with E-state index in [2.05, 4.69) is 15.2 Å². The largest absolute Gasteiger partial charge is 0.378 e. The molecule has 2 heterocycles. The Kier molecular flexibility index (Phi) is 5.82. The molecular weight excluding hydrogens is 404 g/mol. The van der Waals surface area contributed by atoms with E-state index in [1.54, 1.807) is 12.1 Å². The number of nitrogens with one attached hydrogen (secondary N) is 1. The Morgan fingerprint density at radius 1 is 1.20 bits per heavy atom. The van der Waals surface area contributed by atoms with Crippen LogP contribution in [0.15, 0.2) is 52.4 Å². The Morgan fingerprint density at radius 2 is 1.93 bits per heavy atom. The van der Waals surface area contributed by atoms with E-state index in [0.29, 0.717) is 41.9 Å². The number of rotatable bonds is 4. The molecule has 2 fully saturated rings. The minimum absolute atomic E-state index is 0.0178. The number of amides is 1. The number of carbonyl (C=O) groups excluding carboxylic acids is 1. The second-order valence-corrected chi connectivity index (χ2v) is 7.95. The summed E-state index contributed by atoms with van der Waals surface area (Å²) in [5, 5.41) is 14.5. The summed E-state index contributed by atoms with van der Waals surface area (Å²) in [6, 6.07) is 12.4. The van der Waals surface area contributed by atoms with Crippen molar-refractivity contribution >= 4 is 46.0 Å². The number of hydrogen-bond acceptors (Lipinski definition) is 7. The van der Waals surface area contributed by atoms with Gasteiger partial charge in [-0.15, -0.1) is 0 Å². The van der Waals surface area contributed by atoms with Crippen molar-refractivity contribution in [1.82, 2.24) is 5.32 Å². The summed E-state index contributed by atoms with van der Waals surface area (Å²) in [6.07, 6.45) is 1.69. The Balaban J connectivity index is 1.65. The highest BCUT2D eigenvalue weighted by Gasteiger charge is 2.25. The number of hydrogen-bond donors (Lipinski definition) is 1. The molecule has 2 aromatic rings. The number of thioether (sulfide) groups is 1. The van der Waals surface area contributed by atoms with Crippen LogP contribution in [0.2, 0.25) is 0 Å². The van der Waals surface area contributed by atoms with Crippen LogP contribution in [-0.2, 0) is 9.53 Å². The fraction of sp³-hybridized carbons (Fsp3) is 0.238. The number of nitrogens with zero attached hydrogens (tertiary/aromatic N) is 3. The molecule has 9 heteroatoms.